The van der Waals surface area contributed by atoms with Gasteiger partial charge in [0.1, 0.15) is 15.9 Å². The zero-order valence-electron chi connectivity index (χ0n) is 26.4. The summed E-state index contributed by atoms with van der Waals surface area (Å²) in [5.74, 6) is -1.82. The van der Waals surface area contributed by atoms with Crippen molar-refractivity contribution in [3.05, 3.63) is 59.2 Å². The third-order valence-electron chi connectivity index (χ3n) is 9.08. The van der Waals surface area contributed by atoms with E-state index in [9.17, 15) is 31.5 Å². The maximum Gasteiger partial charge on any atom is 0.326 e. The topological polar surface area (TPSA) is 147 Å². The number of carbonyl (C=O) groups excluding carboxylic acids is 1. The average molecular weight is 679 g/mol. The largest absolute Gasteiger partial charge is 0.480 e. The first-order valence-corrected chi connectivity index (χ1v) is 19.4. The van der Waals surface area contributed by atoms with Gasteiger partial charge >= 0.3 is 5.97 Å². The molecule has 0 radical (unpaired) electrons. The Morgan fingerprint density at radius 2 is 1.74 bits per heavy atom. The maximum absolute atomic E-state index is 13.5. The SMILES string of the molecule is C.COC[C@H]1C[C@H](S(=O)(=O)CC2CCCCC2)CN1Cc1ccc(C(=O)N[C@@H](CCS(C)(=O)=O)C(=O)O)c(-c2ccccc2C)c1. The van der Waals surface area contributed by atoms with Crippen molar-refractivity contribution in [1.82, 2.24) is 10.2 Å². The highest BCUT2D eigenvalue weighted by atomic mass is 32.2. The number of methoxy groups -OCH3 is 1. The van der Waals surface area contributed by atoms with Crippen LogP contribution in [-0.4, -0.2) is 94.1 Å². The first kappa shape index (κ1) is 37.7. The monoisotopic (exact) mass is 678 g/mol. The molecule has 256 valence electrons. The predicted molar refractivity (Wildman–Crippen MR) is 181 cm³/mol. The van der Waals surface area contributed by atoms with Gasteiger partial charge in [-0.1, -0.05) is 57.0 Å². The maximum atomic E-state index is 13.5. The molecular weight excluding hydrogens is 629 g/mol. The Morgan fingerprint density at radius 1 is 1.04 bits per heavy atom. The highest BCUT2D eigenvalue weighted by molar-refractivity contribution is 7.92. The zero-order valence-corrected chi connectivity index (χ0v) is 28.0. The van der Waals surface area contributed by atoms with E-state index in [1.54, 1.807) is 19.2 Å². The molecule has 1 aliphatic heterocycles. The van der Waals surface area contributed by atoms with E-state index < -0.39 is 42.8 Å². The smallest absolute Gasteiger partial charge is 0.326 e. The number of hydrogen-bond donors (Lipinski definition) is 2. The molecule has 1 aliphatic carbocycles. The van der Waals surface area contributed by atoms with E-state index >= 15 is 0 Å². The van der Waals surface area contributed by atoms with Gasteiger partial charge in [-0.2, -0.15) is 0 Å². The Balaban J connectivity index is 0.00000576. The lowest BCUT2D eigenvalue weighted by Gasteiger charge is -2.25. The van der Waals surface area contributed by atoms with Crippen molar-refractivity contribution >= 4 is 31.6 Å². The molecule has 10 nitrogen and oxygen atoms in total. The van der Waals surface area contributed by atoms with Crippen LogP contribution in [0.2, 0.25) is 0 Å². The Bertz CT molecular complexity index is 1570. The van der Waals surface area contributed by atoms with Crippen LogP contribution < -0.4 is 5.32 Å². The van der Waals surface area contributed by atoms with Gasteiger partial charge in [0.15, 0.2) is 9.84 Å². The number of carboxylic acids is 1. The van der Waals surface area contributed by atoms with Crippen LogP contribution >= 0.6 is 0 Å². The first-order chi connectivity index (χ1) is 21.3. The summed E-state index contributed by atoms with van der Waals surface area (Å²) in [6.07, 6.45) is 6.60. The molecule has 1 amide bonds. The minimum atomic E-state index is -3.42. The normalized spacial score (nSPS) is 20.2. The minimum absolute atomic E-state index is 0. The van der Waals surface area contributed by atoms with Crippen molar-refractivity contribution in [2.45, 2.75) is 83.2 Å². The van der Waals surface area contributed by atoms with E-state index in [2.05, 4.69) is 10.2 Å². The molecule has 1 saturated heterocycles. The second-order valence-electron chi connectivity index (χ2n) is 12.7. The van der Waals surface area contributed by atoms with Gasteiger partial charge in [-0.3, -0.25) is 9.69 Å². The van der Waals surface area contributed by atoms with Crippen molar-refractivity contribution in [3.8, 4) is 11.1 Å². The van der Waals surface area contributed by atoms with Crippen LogP contribution in [0.5, 0.6) is 0 Å². The van der Waals surface area contributed by atoms with Gasteiger partial charge in [0.25, 0.3) is 5.91 Å². The Hall–Kier alpha value is -2.80. The molecule has 3 atom stereocenters. The summed E-state index contributed by atoms with van der Waals surface area (Å²) >= 11 is 0. The van der Waals surface area contributed by atoms with Crippen LogP contribution in [0, 0.1) is 12.8 Å². The van der Waals surface area contributed by atoms with Crippen LogP contribution in [0.1, 0.15) is 73.9 Å². The number of carbonyl (C=O) groups is 2. The molecule has 2 aromatic carbocycles. The van der Waals surface area contributed by atoms with Crippen molar-refractivity contribution in [3.63, 3.8) is 0 Å². The summed E-state index contributed by atoms with van der Waals surface area (Å²) in [6, 6.07) is 11.5. The summed E-state index contributed by atoms with van der Waals surface area (Å²) < 4.78 is 55.8. The van der Waals surface area contributed by atoms with E-state index in [1.165, 1.54) is 6.42 Å². The Morgan fingerprint density at radius 3 is 2.37 bits per heavy atom. The van der Waals surface area contributed by atoms with Crippen LogP contribution in [0.15, 0.2) is 42.5 Å². The lowest BCUT2D eigenvalue weighted by molar-refractivity contribution is -0.139. The fourth-order valence-corrected chi connectivity index (χ4v) is 9.48. The van der Waals surface area contributed by atoms with E-state index in [1.807, 2.05) is 37.3 Å². The molecule has 1 saturated carbocycles. The quantitative estimate of drug-likeness (QED) is 0.295. The van der Waals surface area contributed by atoms with Gasteiger partial charge in [-0.15, -0.1) is 0 Å². The Kier molecular flexibility index (Phi) is 13.4. The molecule has 2 aromatic rings. The van der Waals surface area contributed by atoms with Gasteiger partial charge in [0.2, 0.25) is 0 Å². The standard InChI is InChI=1S/C33H46N2O8S2.CH4/c1-23-9-7-8-12-28(23)30-17-25(13-14-29(30)32(36)34-31(33(37)38)15-16-44(3,39)40)19-35-20-27(18-26(35)21-43-2)45(41,42)22-24-10-5-4-6-11-24;/h7-9,12-14,17,24,26-27,31H,4-6,10-11,15-16,18-22H2,1-3H3,(H,34,36)(H,37,38);1H4/t26-,27+,31+;/m1./s1. The highest BCUT2D eigenvalue weighted by Crippen LogP contribution is 2.33. The van der Waals surface area contributed by atoms with Crippen molar-refractivity contribution < 1.29 is 36.3 Å². The summed E-state index contributed by atoms with van der Waals surface area (Å²) in [5.41, 5.74) is 3.47. The fraction of sp³-hybridized carbons (Fsp3) is 0.588. The zero-order chi connectivity index (χ0) is 32.8. The number of rotatable bonds is 14. The number of aryl methyl sites for hydroxylation is 1. The van der Waals surface area contributed by atoms with Crippen molar-refractivity contribution in [2.75, 3.05) is 38.0 Å². The first-order valence-electron chi connectivity index (χ1n) is 15.6. The summed E-state index contributed by atoms with van der Waals surface area (Å²) in [7, 11) is -5.08. The molecule has 0 spiro atoms. The lowest BCUT2D eigenvalue weighted by atomic mass is 9.91. The molecule has 2 fully saturated rings. The molecule has 2 N–H and O–H groups in total. The number of benzene rings is 2. The summed E-state index contributed by atoms with van der Waals surface area (Å²) in [6.45, 7) is 3.19. The van der Waals surface area contributed by atoms with Gasteiger partial charge < -0.3 is 15.2 Å². The van der Waals surface area contributed by atoms with Crippen LogP contribution in [0.3, 0.4) is 0 Å². The van der Waals surface area contributed by atoms with Crippen molar-refractivity contribution in [2.24, 2.45) is 5.92 Å². The minimum Gasteiger partial charge on any atom is -0.480 e. The van der Waals surface area contributed by atoms with E-state index in [-0.39, 0.29) is 42.9 Å². The predicted octanol–water partition coefficient (Wildman–Crippen LogP) is 4.50. The van der Waals surface area contributed by atoms with Crippen molar-refractivity contribution in [1.29, 1.82) is 0 Å². The number of ether oxygens (including phenoxy) is 1. The fourth-order valence-electron chi connectivity index (χ4n) is 6.62. The van der Waals surface area contributed by atoms with E-state index in [0.717, 1.165) is 48.6 Å². The molecule has 2 aliphatic rings. The third-order valence-corrected chi connectivity index (χ3v) is 12.3. The number of nitrogens with one attached hydrogen (secondary N) is 1. The highest BCUT2D eigenvalue weighted by Gasteiger charge is 2.40. The van der Waals surface area contributed by atoms with Crippen LogP contribution in [0.25, 0.3) is 11.1 Å². The second-order valence-corrected chi connectivity index (χ2v) is 17.3. The molecule has 0 aromatic heterocycles. The molecule has 12 heteroatoms. The van der Waals surface area contributed by atoms with Crippen LogP contribution in [-0.2, 0) is 35.8 Å². The molecule has 46 heavy (non-hydrogen) atoms. The van der Waals surface area contributed by atoms with Gasteiger partial charge in [-0.25, -0.2) is 21.6 Å². The number of nitrogens with zero attached hydrogens (tertiary/aromatic N) is 1. The molecule has 0 bridgehead atoms. The summed E-state index contributed by atoms with van der Waals surface area (Å²) in [5, 5.41) is 11.7. The number of amides is 1. The number of carboxylic acid groups (broad SMARTS) is 1. The molecule has 4 rings (SSSR count). The molecule has 0 unspecified atom stereocenters. The van der Waals surface area contributed by atoms with E-state index in [4.69, 9.17) is 4.74 Å². The number of hydrogen-bond acceptors (Lipinski definition) is 8. The number of aliphatic carboxylic acids is 1. The second kappa shape index (κ2) is 16.3. The summed E-state index contributed by atoms with van der Waals surface area (Å²) in [4.78, 5) is 27.5. The van der Waals surface area contributed by atoms with Gasteiger partial charge in [0, 0.05) is 38.1 Å². The average Bonchev–Trinajstić information content (AvgIpc) is 3.38. The number of sulfone groups is 2. The third kappa shape index (κ3) is 10.1. The molecular formula is C34H50N2O8S2. The molecule has 1 heterocycles. The lowest BCUT2D eigenvalue weighted by Crippen LogP contribution is -2.42. The van der Waals surface area contributed by atoms with Gasteiger partial charge in [0.05, 0.1) is 23.4 Å². The van der Waals surface area contributed by atoms with E-state index in [0.29, 0.717) is 31.7 Å². The van der Waals surface area contributed by atoms with Gasteiger partial charge in [-0.05, 0) is 72.9 Å². The van der Waals surface area contributed by atoms with Crippen LogP contribution in [0.4, 0.5) is 0 Å². The Labute approximate surface area is 274 Å². The number of likely N-dealkylation sites (tertiary alicyclic amines) is 1.